The first kappa shape index (κ1) is 15.2. The van der Waals surface area contributed by atoms with Gasteiger partial charge in [-0.25, -0.2) is 4.98 Å². The summed E-state index contributed by atoms with van der Waals surface area (Å²) in [5, 5.41) is 2.88. The summed E-state index contributed by atoms with van der Waals surface area (Å²) in [7, 11) is 0. The monoisotopic (exact) mass is 312 g/mol. The smallest absolute Gasteiger partial charge is 0.387 e. The number of rotatable bonds is 4. The van der Waals surface area contributed by atoms with E-state index in [1.165, 1.54) is 24.4 Å². The Labute approximate surface area is 124 Å². The zero-order valence-corrected chi connectivity index (χ0v) is 11.7. The van der Waals surface area contributed by atoms with Crippen molar-refractivity contribution < 1.29 is 18.3 Å². The minimum absolute atomic E-state index is 0.00500. The maximum Gasteiger partial charge on any atom is 0.387 e. The number of alkyl halides is 2. The number of ether oxygens (including phenoxy) is 1. The number of aryl methyl sites for hydroxylation is 1. The normalized spacial score (nSPS) is 10.5. The summed E-state index contributed by atoms with van der Waals surface area (Å²) in [6.45, 7) is -1.27. The number of nitrogens with zero attached hydrogens (tertiary/aromatic N) is 1. The molecule has 1 aromatic heterocycles. The fourth-order valence-electron chi connectivity index (χ4n) is 1.68. The van der Waals surface area contributed by atoms with Gasteiger partial charge in [-0.2, -0.15) is 8.78 Å². The number of hydrogen-bond donors (Lipinski definition) is 1. The molecule has 0 unspecified atom stereocenters. The van der Waals surface area contributed by atoms with Crippen molar-refractivity contribution in [2.75, 3.05) is 5.32 Å². The van der Waals surface area contributed by atoms with Crippen LogP contribution in [0, 0.1) is 6.92 Å². The number of para-hydroxylation sites is 1. The van der Waals surface area contributed by atoms with Gasteiger partial charge in [0.1, 0.15) is 10.9 Å². The van der Waals surface area contributed by atoms with E-state index in [2.05, 4.69) is 15.0 Å². The number of halogens is 3. The number of benzene rings is 1. The van der Waals surface area contributed by atoms with E-state index in [9.17, 15) is 13.6 Å². The molecule has 1 N–H and O–H groups in total. The van der Waals surface area contributed by atoms with Gasteiger partial charge < -0.3 is 10.1 Å². The third-order valence-electron chi connectivity index (χ3n) is 2.62. The van der Waals surface area contributed by atoms with Crippen LogP contribution in [0.3, 0.4) is 0 Å². The number of nitrogens with one attached hydrogen (secondary N) is 1. The Kier molecular flexibility index (Phi) is 4.70. The zero-order chi connectivity index (χ0) is 15.4. The minimum atomic E-state index is -3.00. The van der Waals surface area contributed by atoms with Gasteiger partial charge in [-0.05, 0) is 30.7 Å². The first-order chi connectivity index (χ1) is 9.97. The predicted molar refractivity (Wildman–Crippen MR) is 75.0 cm³/mol. The predicted octanol–water partition coefficient (Wildman–Crippen LogP) is 3.90. The molecule has 0 bridgehead atoms. The van der Waals surface area contributed by atoms with Crippen molar-refractivity contribution in [3.8, 4) is 5.75 Å². The number of hydrogen-bond acceptors (Lipinski definition) is 3. The van der Waals surface area contributed by atoms with Crippen molar-refractivity contribution in [2.45, 2.75) is 13.5 Å². The minimum Gasteiger partial charge on any atom is -0.434 e. The summed E-state index contributed by atoms with van der Waals surface area (Å²) in [6.07, 6.45) is 1.38. The summed E-state index contributed by atoms with van der Waals surface area (Å²) in [4.78, 5) is 16.0. The average molecular weight is 313 g/mol. The maximum atomic E-state index is 12.3. The summed E-state index contributed by atoms with van der Waals surface area (Å²) in [5.74, 6) is -0.765. The van der Waals surface area contributed by atoms with Gasteiger partial charge in [-0.15, -0.1) is 0 Å². The summed E-state index contributed by atoms with van der Waals surface area (Å²) in [5.41, 5.74) is 1.10. The number of amides is 1. The van der Waals surface area contributed by atoms with E-state index in [4.69, 9.17) is 11.6 Å². The van der Waals surface area contributed by atoms with Gasteiger partial charge in [0.2, 0.25) is 0 Å². The fraction of sp³-hybridized carbons (Fsp3) is 0.143. The lowest BCUT2D eigenvalue weighted by atomic mass is 10.2. The molecule has 110 valence electrons. The molecule has 1 heterocycles. The van der Waals surface area contributed by atoms with Crippen LogP contribution in [0.4, 0.5) is 14.5 Å². The van der Waals surface area contributed by atoms with Crippen LogP contribution in [-0.4, -0.2) is 17.5 Å². The Balaban J connectivity index is 2.22. The van der Waals surface area contributed by atoms with Gasteiger partial charge in [0.15, 0.2) is 0 Å². The van der Waals surface area contributed by atoms with E-state index in [1.807, 2.05) is 0 Å². The van der Waals surface area contributed by atoms with Crippen molar-refractivity contribution in [3.05, 3.63) is 52.8 Å². The summed E-state index contributed by atoms with van der Waals surface area (Å²) in [6, 6.07) is 7.38. The standard InChI is InChI=1S/C14H11ClF2N2O2/c1-8-6-9(7-18-12(8)15)19-13(20)10-4-2-3-5-11(10)21-14(16)17/h2-7,14H,1H3,(H,19,20). The second kappa shape index (κ2) is 6.49. The largest absolute Gasteiger partial charge is 0.434 e. The highest BCUT2D eigenvalue weighted by Gasteiger charge is 2.15. The third kappa shape index (κ3) is 3.88. The van der Waals surface area contributed by atoms with E-state index < -0.39 is 12.5 Å². The number of carbonyl (C=O) groups excluding carboxylic acids is 1. The van der Waals surface area contributed by atoms with E-state index in [1.54, 1.807) is 19.1 Å². The van der Waals surface area contributed by atoms with Crippen LogP contribution in [-0.2, 0) is 0 Å². The van der Waals surface area contributed by atoms with Crippen molar-refractivity contribution in [1.82, 2.24) is 4.98 Å². The topological polar surface area (TPSA) is 51.2 Å². The van der Waals surface area contributed by atoms with E-state index in [0.717, 1.165) is 0 Å². The molecular weight excluding hydrogens is 302 g/mol. The van der Waals surface area contributed by atoms with Crippen LogP contribution >= 0.6 is 11.6 Å². The van der Waals surface area contributed by atoms with Gasteiger partial charge in [-0.1, -0.05) is 23.7 Å². The highest BCUT2D eigenvalue weighted by molar-refractivity contribution is 6.30. The number of aromatic nitrogens is 1. The van der Waals surface area contributed by atoms with E-state index in [0.29, 0.717) is 16.4 Å². The highest BCUT2D eigenvalue weighted by atomic mass is 35.5. The van der Waals surface area contributed by atoms with Crippen LogP contribution in [0.15, 0.2) is 36.5 Å². The first-order valence-electron chi connectivity index (χ1n) is 5.94. The lowest BCUT2D eigenvalue weighted by Crippen LogP contribution is -2.15. The number of pyridine rings is 1. The molecular formula is C14H11ClF2N2O2. The molecule has 0 aliphatic rings. The molecule has 2 aromatic rings. The molecule has 0 fully saturated rings. The molecule has 0 aliphatic heterocycles. The Morgan fingerprint density at radius 1 is 1.38 bits per heavy atom. The molecule has 7 heteroatoms. The average Bonchev–Trinajstić information content (AvgIpc) is 2.43. The molecule has 1 amide bonds. The molecule has 21 heavy (non-hydrogen) atoms. The van der Waals surface area contributed by atoms with Gasteiger partial charge in [0, 0.05) is 0 Å². The Morgan fingerprint density at radius 3 is 2.76 bits per heavy atom. The Hall–Kier alpha value is -2.21. The van der Waals surface area contributed by atoms with Crippen LogP contribution in [0.5, 0.6) is 5.75 Å². The lowest BCUT2D eigenvalue weighted by molar-refractivity contribution is -0.0501. The molecule has 0 spiro atoms. The molecule has 0 saturated carbocycles. The molecule has 1 aromatic carbocycles. The summed E-state index contributed by atoms with van der Waals surface area (Å²) < 4.78 is 28.9. The van der Waals surface area contributed by atoms with Gasteiger partial charge in [0.25, 0.3) is 5.91 Å². The number of carbonyl (C=O) groups is 1. The first-order valence-corrected chi connectivity index (χ1v) is 6.32. The molecule has 0 saturated heterocycles. The lowest BCUT2D eigenvalue weighted by Gasteiger charge is -2.11. The molecule has 0 atom stereocenters. The van der Waals surface area contributed by atoms with Crippen LogP contribution < -0.4 is 10.1 Å². The van der Waals surface area contributed by atoms with Crippen molar-refractivity contribution >= 4 is 23.2 Å². The molecule has 2 rings (SSSR count). The van der Waals surface area contributed by atoms with E-state index in [-0.39, 0.29) is 11.3 Å². The molecule has 4 nitrogen and oxygen atoms in total. The highest BCUT2D eigenvalue weighted by Crippen LogP contribution is 2.22. The Morgan fingerprint density at radius 2 is 2.10 bits per heavy atom. The molecule has 0 radical (unpaired) electrons. The van der Waals surface area contributed by atoms with Gasteiger partial charge in [0.05, 0.1) is 17.4 Å². The van der Waals surface area contributed by atoms with Crippen LogP contribution in [0.25, 0.3) is 0 Å². The Bertz CT molecular complexity index is 665. The van der Waals surface area contributed by atoms with Gasteiger partial charge >= 0.3 is 6.61 Å². The van der Waals surface area contributed by atoms with Gasteiger partial charge in [-0.3, -0.25) is 4.79 Å². The number of anilines is 1. The fourth-order valence-corrected chi connectivity index (χ4v) is 1.78. The van der Waals surface area contributed by atoms with Crippen molar-refractivity contribution in [1.29, 1.82) is 0 Å². The second-order valence-corrected chi connectivity index (χ2v) is 4.52. The summed E-state index contributed by atoms with van der Waals surface area (Å²) >= 11 is 5.79. The van der Waals surface area contributed by atoms with Crippen molar-refractivity contribution in [3.63, 3.8) is 0 Å². The zero-order valence-electron chi connectivity index (χ0n) is 10.9. The van der Waals surface area contributed by atoms with E-state index >= 15 is 0 Å². The molecule has 0 aliphatic carbocycles. The third-order valence-corrected chi connectivity index (χ3v) is 3.02. The quantitative estimate of drug-likeness (QED) is 0.871. The van der Waals surface area contributed by atoms with Crippen molar-refractivity contribution in [2.24, 2.45) is 0 Å². The second-order valence-electron chi connectivity index (χ2n) is 4.16. The van der Waals surface area contributed by atoms with Crippen LogP contribution in [0.2, 0.25) is 5.15 Å². The maximum absolute atomic E-state index is 12.3. The SMILES string of the molecule is Cc1cc(NC(=O)c2ccccc2OC(F)F)cnc1Cl. The van der Waals surface area contributed by atoms with Crippen LogP contribution in [0.1, 0.15) is 15.9 Å².